The monoisotopic (exact) mass is 520 g/mol. The van der Waals surface area contributed by atoms with Gasteiger partial charge in [-0.05, 0) is 24.1 Å². The summed E-state index contributed by atoms with van der Waals surface area (Å²) >= 11 is 0. The number of aliphatic imine (C=N–C) groups is 1. The van der Waals surface area contributed by atoms with Crippen LogP contribution in [0.4, 0.5) is 0 Å². The largest absolute Gasteiger partial charge is 0.364 e. The third kappa shape index (κ3) is 6.14. The maximum absolute atomic E-state index is 12.5. The minimum Gasteiger partial charge on any atom is -0.364 e. The predicted octanol–water partition coefficient (Wildman–Crippen LogP) is 0.953. The molecule has 0 bridgehead atoms. The molecular weight excluding hydrogens is 495 g/mol. The van der Waals surface area contributed by atoms with Crippen molar-refractivity contribution in [1.82, 2.24) is 24.7 Å². The van der Waals surface area contributed by atoms with Gasteiger partial charge in [-0.3, -0.25) is 9.98 Å². The SMILES string of the molecule is CN=C(NCCc1ccncc1)N1CCN(S(=O)(=O)Cc2ccon2)CC1.I. The van der Waals surface area contributed by atoms with Gasteiger partial charge in [-0.25, -0.2) is 8.42 Å². The summed E-state index contributed by atoms with van der Waals surface area (Å²) in [5.41, 5.74) is 1.63. The van der Waals surface area contributed by atoms with E-state index in [-0.39, 0.29) is 29.7 Å². The van der Waals surface area contributed by atoms with Crippen LogP contribution in [-0.2, 0) is 22.2 Å². The lowest BCUT2D eigenvalue weighted by Crippen LogP contribution is -2.54. The highest BCUT2D eigenvalue weighted by atomic mass is 127. The quantitative estimate of drug-likeness (QED) is 0.344. The molecule has 2 aromatic rings. The van der Waals surface area contributed by atoms with Crippen LogP contribution in [0.15, 0.2) is 46.4 Å². The van der Waals surface area contributed by atoms with E-state index >= 15 is 0 Å². The summed E-state index contributed by atoms with van der Waals surface area (Å²) in [6.45, 7) is 2.78. The van der Waals surface area contributed by atoms with Gasteiger partial charge in [0.2, 0.25) is 10.0 Å². The average Bonchev–Trinajstić information content (AvgIpc) is 3.18. The number of nitrogens with zero attached hydrogens (tertiary/aromatic N) is 5. The molecule has 0 atom stereocenters. The zero-order chi connectivity index (χ0) is 19.1. The normalized spacial score (nSPS) is 15.9. The van der Waals surface area contributed by atoms with Gasteiger partial charge in [0.15, 0.2) is 5.96 Å². The van der Waals surface area contributed by atoms with Crippen molar-refractivity contribution in [3.63, 3.8) is 0 Å². The molecule has 0 saturated carbocycles. The molecule has 1 saturated heterocycles. The average molecular weight is 520 g/mol. The Balaban J connectivity index is 0.00000280. The molecule has 0 aliphatic carbocycles. The highest BCUT2D eigenvalue weighted by Gasteiger charge is 2.28. The first-order valence-electron chi connectivity index (χ1n) is 8.80. The van der Waals surface area contributed by atoms with E-state index in [1.807, 2.05) is 12.1 Å². The molecule has 1 aliphatic rings. The fourth-order valence-electron chi connectivity index (χ4n) is 2.97. The summed E-state index contributed by atoms with van der Waals surface area (Å²) in [6, 6.07) is 5.55. The number of guanidine groups is 1. The lowest BCUT2D eigenvalue weighted by atomic mass is 10.2. The molecule has 0 aromatic carbocycles. The van der Waals surface area contributed by atoms with Crippen molar-refractivity contribution in [2.24, 2.45) is 4.99 Å². The van der Waals surface area contributed by atoms with Crippen molar-refractivity contribution >= 4 is 40.0 Å². The van der Waals surface area contributed by atoms with Gasteiger partial charge in [0.25, 0.3) is 0 Å². The van der Waals surface area contributed by atoms with Crippen molar-refractivity contribution in [3.05, 3.63) is 48.1 Å². The van der Waals surface area contributed by atoms with Crippen molar-refractivity contribution in [2.45, 2.75) is 12.2 Å². The molecule has 3 rings (SSSR count). The van der Waals surface area contributed by atoms with E-state index in [1.54, 1.807) is 25.5 Å². The van der Waals surface area contributed by atoms with Crippen LogP contribution >= 0.6 is 24.0 Å². The summed E-state index contributed by atoms with van der Waals surface area (Å²) in [7, 11) is -1.66. The molecule has 28 heavy (non-hydrogen) atoms. The van der Waals surface area contributed by atoms with Gasteiger partial charge in [-0.15, -0.1) is 24.0 Å². The summed E-state index contributed by atoms with van der Waals surface area (Å²) in [5.74, 6) is 0.653. The van der Waals surface area contributed by atoms with E-state index in [2.05, 4.69) is 25.3 Å². The van der Waals surface area contributed by atoms with E-state index in [0.717, 1.165) is 18.9 Å². The minimum absolute atomic E-state index is 0. The van der Waals surface area contributed by atoms with Gasteiger partial charge in [0.05, 0.1) is 5.69 Å². The number of halogens is 1. The Labute approximate surface area is 182 Å². The van der Waals surface area contributed by atoms with Crippen LogP contribution in [0.1, 0.15) is 11.3 Å². The van der Waals surface area contributed by atoms with Gasteiger partial charge >= 0.3 is 0 Å². The Kier molecular flexibility index (Phi) is 8.63. The Hall–Kier alpha value is -1.73. The van der Waals surface area contributed by atoms with E-state index in [9.17, 15) is 8.42 Å². The van der Waals surface area contributed by atoms with E-state index in [4.69, 9.17) is 4.52 Å². The van der Waals surface area contributed by atoms with Crippen LogP contribution in [0.25, 0.3) is 0 Å². The van der Waals surface area contributed by atoms with Gasteiger partial charge in [0, 0.05) is 58.2 Å². The van der Waals surface area contributed by atoms with Gasteiger partial charge in [-0.1, -0.05) is 5.16 Å². The molecule has 0 unspecified atom stereocenters. The molecule has 154 valence electrons. The van der Waals surface area contributed by atoms with Crippen LogP contribution in [-0.4, -0.2) is 73.5 Å². The van der Waals surface area contributed by atoms with Gasteiger partial charge < -0.3 is 14.7 Å². The lowest BCUT2D eigenvalue weighted by Gasteiger charge is -2.35. The van der Waals surface area contributed by atoms with Gasteiger partial charge in [-0.2, -0.15) is 4.31 Å². The third-order valence-electron chi connectivity index (χ3n) is 4.41. The topological polar surface area (TPSA) is 104 Å². The molecule has 1 fully saturated rings. The smallest absolute Gasteiger partial charge is 0.220 e. The number of nitrogens with one attached hydrogen (secondary N) is 1. The summed E-state index contributed by atoms with van der Waals surface area (Å²) < 4.78 is 31.2. The van der Waals surface area contributed by atoms with Crippen molar-refractivity contribution < 1.29 is 12.9 Å². The second kappa shape index (κ2) is 10.7. The van der Waals surface area contributed by atoms with Crippen LogP contribution in [0.2, 0.25) is 0 Å². The molecule has 1 aliphatic heterocycles. The predicted molar refractivity (Wildman–Crippen MR) is 117 cm³/mol. The molecule has 0 amide bonds. The Morgan fingerprint density at radius 2 is 1.93 bits per heavy atom. The lowest BCUT2D eigenvalue weighted by molar-refractivity contribution is 0.260. The number of hydrogen-bond donors (Lipinski definition) is 1. The molecule has 0 radical (unpaired) electrons. The number of piperazine rings is 1. The van der Waals surface area contributed by atoms with Gasteiger partial charge in [0.1, 0.15) is 12.0 Å². The number of rotatable bonds is 6. The number of pyridine rings is 1. The fraction of sp³-hybridized carbons (Fsp3) is 0.471. The van der Waals surface area contributed by atoms with Crippen LogP contribution < -0.4 is 5.32 Å². The highest BCUT2D eigenvalue weighted by Crippen LogP contribution is 2.12. The number of sulfonamides is 1. The second-order valence-corrected chi connectivity index (χ2v) is 8.18. The molecule has 9 nitrogen and oxygen atoms in total. The maximum Gasteiger partial charge on any atom is 0.220 e. The first-order valence-corrected chi connectivity index (χ1v) is 10.4. The maximum atomic E-state index is 12.5. The van der Waals surface area contributed by atoms with E-state index in [0.29, 0.717) is 31.9 Å². The molecule has 0 spiro atoms. The van der Waals surface area contributed by atoms with Crippen molar-refractivity contribution in [1.29, 1.82) is 0 Å². The first-order chi connectivity index (χ1) is 13.1. The van der Waals surface area contributed by atoms with Crippen LogP contribution in [0.5, 0.6) is 0 Å². The molecule has 2 aromatic heterocycles. The molecule has 11 heteroatoms. The zero-order valence-corrected chi connectivity index (χ0v) is 18.8. The second-order valence-electron chi connectivity index (χ2n) is 6.21. The highest BCUT2D eigenvalue weighted by molar-refractivity contribution is 14.0. The molecule has 3 heterocycles. The first kappa shape index (κ1) is 22.6. The minimum atomic E-state index is -3.40. The number of aromatic nitrogens is 2. The van der Waals surface area contributed by atoms with E-state index in [1.165, 1.54) is 16.1 Å². The van der Waals surface area contributed by atoms with E-state index < -0.39 is 10.0 Å². The Morgan fingerprint density at radius 1 is 1.21 bits per heavy atom. The summed E-state index contributed by atoms with van der Waals surface area (Å²) in [4.78, 5) is 10.4. The zero-order valence-electron chi connectivity index (χ0n) is 15.7. The third-order valence-corrected chi connectivity index (χ3v) is 6.22. The Bertz CT molecular complexity index is 837. The van der Waals surface area contributed by atoms with Crippen LogP contribution in [0, 0.1) is 0 Å². The summed E-state index contributed by atoms with van der Waals surface area (Å²) in [6.07, 6.45) is 5.81. The van der Waals surface area contributed by atoms with Crippen molar-refractivity contribution in [3.8, 4) is 0 Å². The Morgan fingerprint density at radius 3 is 2.54 bits per heavy atom. The van der Waals surface area contributed by atoms with Crippen LogP contribution in [0.3, 0.4) is 0 Å². The summed E-state index contributed by atoms with van der Waals surface area (Å²) in [5, 5.41) is 7.03. The molecule has 1 N–H and O–H groups in total. The number of hydrogen-bond acceptors (Lipinski definition) is 6. The fourth-order valence-corrected chi connectivity index (χ4v) is 4.39. The standard InChI is InChI=1S/C17H24N6O3S.HI/c1-18-17(20-8-4-15-2-6-19-7-3-15)22-9-11-23(12-10-22)27(24,25)14-16-5-13-26-21-16;/h2-3,5-7,13H,4,8-12,14H2,1H3,(H,18,20);1H. The van der Waals surface area contributed by atoms with Crippen molar-refractivity contribution in [2.75, 3.05) is 39.8 Å². The molecular formula is C17H25IN6O3S.